The molecule has 1 amide bonds. The van der Waals surface area contributed by atoms with Crippen molar-refractivity contribution in [1.82, 2.24) is 4.98 Å². The van der Waals surface area contributed by atoms with Crippen molar-refractivity contribution in [3.8, 4) is 5.75 Å². The largest absolute Gasteiger partial charge is 0.494 e. The van der Waals surface area contributed by atoms with Crippen molar-refractivity contribution in [2.45, 2.75) is 33.7 Å². The minimum Gasteiger partial charge on any atom is -0.494 e. The van der Waals surface area contributed by atoms with Gasteiger partial charge in [-0.05, 0) is 80.8 Å². The Labute approximate surface area is 197 Å². The van der Waals surface area contributed by atoms with E-state index >= 15 is 0 Å². The Balaban J connectivity index is 1.77. The number of rotatable bonds is 8. The molecule has 170 valence electrons. The quantitative estimate of drug-likeness (QED) is 0.313. The Bertz CT molecular complexity index is 1230. The van der Waals surface area contributed by atoms with E-state index in [-0.39, 0.29) is 17.7 Å². The van der Waals surface area contributed by atoms with E-state index in [0.717, 1.165) is 43.7 Å². The number of carbonyl (C=O) groups excluding carboxylic acids is 1. The first kappa shape index (κ1) is 22.6. The van der Waals surface area contributed by atoms with Crippen molar-refractivity contribution >= 4 is 28.1 Å². The number of aryl methyl sites for hydroxylation is 2. The number of furan rings is 1. The molecular weight excluding hydrogens is 434 g/mol. The fourth-order valence-corrected chi connectivity index (χ4v) is 4.76. The topological polar surface area (TPSA) is 76.4 Å². The van der Waals surface area contributed by atoms with Gasteiger partial charge in [-0.3, -0.25) is 4.79 Å². The number of nitrogens with one attached hydrogen (secondary N) is 2. The number of thiophene rings is 1. The third kappa shape index (κ3) is 5.09. The van der Waals surface area contributed by atoms with Gasteiger partial charge >= 0.3 is 0 Å². The molecule has 3 aromatic heterocycles. The molecule has 0 saturated heterocycles. The Morgan fingerprint density at radius 2 is 1.94 bits per heavy atom. The van der Waals surface area contributed by atoms with E-state index in [9.17, 15) is 4.79 Å². The van der Waals surface area contributed by atoms with E-state index in [2.05, 4.69) is 29.5 Å². The number of anilines is 2. The van der Waals surface area contributed by atoms with E-state index in [1.807, 2.05) is 50.2 Å². The molecule has 1 unspecified atom stereocenters. The van der Waals surface area contributed by atoms with Gasteiger partial charge in [-0.1, -0.05) is 12.1 Å². The van der Waals surface area contributed by atoms with Gasteiger partial charge in [-0.25, -0.2) is 4.98 Å². The van der Waals surface area contributed by atoms with Gasteiger partial charge in [0.25, 0.3) is 5.91 Å². The number of nitrogens with zero attached hydrogens (tertiary/aromatic N) is 1. The molecule has 0 saturated carbocycles. The predicted octanol–water partition coefficient (Wildman–Crippen LogP) is 6.51. The Hall–Kier alpha value is -3.58. The molecule has 0 radical (unpaired) electrons. The highest BCUT2D eigenvalue weighted by molar-refractivity contribution is 7.16. The van der Waals surface area contributed by atoms with Crippen LogP contribution in [0.15, 0.2) is 65.4 Å². The number of hydrogen-bond donors (Lipinski definition) is 2. The molecule has 6 nitrogen and oxygen atoms in total. The third-order valence-electron chi connectivity index (χ3n) is 5.42. The fraction of sp³-hybridized carbons (Fsp3) is 0.231. The molecule has 4 rings (SSSR count). The Morgan fingerprint density at radius 3 is 2.61 bits per heavy atom. The van der Waals surface area contributed by atoms with Crippen molar-refractivity contribution in [3.05, 3.63) is 93.9 Å². The lowest BCUT2D eigenvalue weighted by Gasteiger charge is -2.23. The van der Waals surface area contributed by atoms with Crippen LogP contribution < -0.4 is 15.4 Å². The second kappa shape index (κ2) is 9.92. The molecule has 0 fully saturated rings. The van der Waals surface area contributed by atoms with Gasteiger partial charge in [0.15, 0.2) is 5.76 Å². The van der Waals surface area contributed by atoms with Gasteiger partial charge < -0.3 is 19.8 Å². The minimum atomic E-state index is -0.276. The first-order chi connectivity index (χ1) is 16.0. The maximum Gasteiger partial charge on any atom is 0.291 e. The molecule has 0 aliphatic carbocycles. The van der Waals surface area contributed by atoms with Crippen LogP contribution in [0.2, 0.25) is 0 Å². The summed E-state index contributed by atoms with van der Waals surface area (Å²) in [5.74, 6) is 1.58. The smallest absolute Gasteiger partial charge is 0.291 e. The summed E-state index contributed by atoms with van der Waals surface area (Å²) in [6.07, 6.45) is 3.28. The van der Waals surface area contributed by atoms with E-state index in [0.29, 0.717) is 6.61 Å². The Morgan fingerprint density at radius 1 is 1.15 bits per heavy atom. The second-order valence-corrected chi connectivity index (χ2v) is 8.98. The zero-order chi connectivity index (χ0) is 23.4. The van der Waals surface area contributed by atoms with E-state index in [1.54, 1.807) is 29.7 Å². The highest BCUT2D eigenvalue weighted by Crippen LogP contribution is 2.41. The van der Waals surface area contributed by atoms with Crippen molar-refractivity contribution in [2.75, 3.05) is 17.2 Å². The SMILES string of the molecule is CCOc1ccc(C(Nc2cc(C)ccn2)c2c(NC(=O)c3ccco3)sc(C)c2C)cc1. The average molecular weight is 462 g/mol. The van der Waals surface area contributed by atoms with Gasteiger partial charge in [-0.15, -0.1) is 11.3 Å². The van der Waals surface area contributed by atoms with Crippen LogP contribution in [0.5, 0.6) is 5.75 Å². The molecule has 0 aliphatic rings. The summed E-state index contributed by atoms with van der Waals surface area (Å²) in [7, 11) is 0. The summed E-state index contributed by atoms with van der Waals surface area (Å²) in [6.45, 7) is 8.75. The molecule has 3 heterocycles. The zero-order valence-corrected chi connectivity index (χ0v) is 20.0. The molecule has 2 N–H and O–H groups in total. The summed E-state index contributed by atoms with van der Waals surface area (Å²) in [5, 5.41) is 7.42. The molecule has 4 aromatic rings. The standard InChI is InChI=1S/C26H27N3O3S/c1-5-31-20-10-8-19(9-11-20)24(28-22-15-16(2)12-13-27-22)23-17(3)18(4)33-26(23)29-25(30)21-7-6-14-32-21/h6-15,24H,5H2,1-4H3,(H,27,28)(H,29,30). The van der Waals surface area contributed by atoms with Crippen LogP contribution in [0.1, 0.15) is 50.7 Å². The number of carbonyl (C=O) groups is 1. The van der Waals surface area contributed by atoms with E-state index < -0.39 is 0 Å². The first-order valence-corrected chi connectivity index (χ1v) is 11.6. The number of ether oxygens (including phenoxy) is 1. The molecular formula is C26H27N3O3S. The highest BCUT2D eigenvalue weighted by Gasteiger charge is 2.25. The van der Waals surface area contributed by atoms with Gasteiger partial charge in [0.1, 0.15) is 16.6 Å². The normalized spacial score (nSPS) is 11.8. The van der Waals surface area contributed by atoms with Crippen LogP contribution in [0.4, 0.5) is 10.8 Å². The molecule has 0 spiro atoms. The van der Waals surface area contributed by atoms with Crippen LogP contribution in [0, 0.1) is 20.8 Å². The second-order valence-electron chi connectivity index (χ2n) is 7.76. The third-order valence-corrected chi connectivity index (χ3v) is 6.56. The van der Waals surface area contributed by atoms with Crippen LogP contribution in [-0.2, 0) is 0 Å². The summed E-state index contributed by atoms with van der Waals surface area (Å²) in [6, 6.07) is 15.1. The molecule has 1 atom stereocenters. The predicted molar refractivity (Wildman–Crippen MR) is 133 cm³/mol. The average Bonchev–Trinajstić information content (AvgIpc) is 3.42. The van der Waals surface area contributed by atoms with Crippen molar-refractivity contribution in [2.24, 2.45) is 0 Å². The summed E-state index contributed by atoms with van der Waals surface area (Å²) in [4.78, 5) is 18.4. The molecule has 0 aliphatic heterocycles. The number of pyridine rings is 1. The maximum absolute atomic E-state index is 12.8. The maximum atomic E-state index is 12.8. The Kier molecular flexibility index (Phi) is 6.79. The lowest BCUT2D eigenvalue weighted by molar-refractivity contribution is 0.0997. The van der Waals surface area contributed by atoms with Crippen LogP contribution >= 0.6 is 11.3 Å². The van der Waals surface area contributed by atoms with E-state index in [4.69, 9.17) is 9.15 Å². The zero-order valence-electron chi connectivity index (χ0n) is 19.1. The van der Waals surface area contributed by atoms with Gasteiger partial charge in [-0.2, -0.15) is 0 Å². The molecule has 7 heteroatoms. The van der Waals surface area contributed by atoms with Crippen LogP contribution in [0.25, 0.3) is 0 Å². The highest BCUT2D eigenvalue weighted by atomic mass is 32.1. The molecule has 0 bridgehead atoms. The van der Waals surface area contributed by atoms with Gasteiger partial charge in [0, 0.05) is 16.6 Å². The monoisotopic (exact) mass is 461 g/mol. The van der Waals surface area contributed by atoms with Gasteiger partial charge in [0.05, 0.1) is 18.9 Å². The van der Waals surface area contributed by atoms with Crippen molar-refractivity contribution in [3.63, 3.8) is 0 Å². The van der Waals surface area contributed by atoms with E-state index in [1.165, 1.54) is 6.26 Å². The van der Waals surface area contributed by atoms with Crippen LogP contribution in [-0.4, -0.2) is 17.5 Å². The fourth-order valence-electron chi connectivity index (χ4n) is 3.67. The number of aromatic nitrogens is 1. The number of hydrogen-bond acceptors (Lipinski definition) is 6. The van der Waals surface area contributed by atoms with Crippen LogP contribution in [0.3, 0.4) is 0 Å². The van der Waals surface area contributed by atoms with Crippen molar-refractivity contribution in [1.29, 1.82) is 0 Å². The summed E-state index contributed by atoms with van der Waals surface area (Å²) in [5.41, 5.74) is 4.28. The summed E-state index contributed by atoms with van der Waals surface area (Å²) < 4.78 is 10.9. The first-order valence-electron chi connectivity index (χ1n) is 10.8. The molecule has 33 heavy (non-hydrogen) atoms. The molecule has 1 aromatic carbocycles. The number of amides is 1. The van der Waals surface area contributed by atoms with Gasteiger partial charge in [0.2, 0.25) is 0 Å². The minimum absolute atomic E-state index is 0.230. The lowest BCUT2D eigenvalue weighted by Crippen LogP contribution is -2.17. The summed E-state index contributed by atoms with van der Waals surface area (Å²) >= 11 is 1.56. The lowest BCUT2D eigenvalue weighted by atomic mass is 9.96. The van der Waals surface area contributed by atoms with Crippen molar-refractivity contribution < 1.29 is 13.9 Å². The number of benzene rings is 1.